The summed E-state index contributed by atoms with van der Waals surface area (Å²) in [7, 11) is 1.82. The number of hydrogen-bond acceptors (Lipinski definition) is 4. The van der Waals surface area contributed by atoms with E-state index in [4.69, 9.17) is 0 Å². The quantitative estimate of drug-likeness (QED) is 0.681. The summed E-state index contributed by atoms with van der Waals surface area (Å²) in [6.07, 6.45) is 2.52. The molecule has 0 atom stereocenters. The van der Waals surface area contributed by atoms with Crippen LogP contribution >= 0.6 is 0 Å². The first-order valence-electron chi connectivity index (χ1n) is 4.50. The smallest absolute Gasteiger partial charge is 0.180 e. The average molecular weight is 202 g/mol. The number of aldehydes is 1. The van der Waals surface area contributed by atoms with Crippen LogP contribution in [0.4, 0.5) is 0 Å². The number of hydrogen-bond donors (Lipinski definition) is 0. The number of carbonyl (C=O) groups excluding carboxylic acids is 1. The molecule has 0 aliphatic carbocycles. The monoisotopic (exact) mass is 202 g/mol. The molecular weight excluding hydrogens is 192 g/mol. The van der Waals surface area contributed by atoms with Gasteiger partial charge in [-0.05, 0) is 19.1 Å². The van der Waals surface area contributed by atoms with Crippen molar-refractivity contribution in [3.8, 4) is 11.5 Å². The first kappa shape index (κ1) is 9.51. The van der Waals surface area contributed by atoms with Gasteiger partial charge in [0.15, 0.2) is 12.1 Å². The Morgan fingerprint density at radius 1 is 1.40 bits per heavy atom. The van der Waals surface area contributed by atoms with Crippen LogP contribution in [0.5, 0.6) is 0 Å². The number of nitrogens with zero attached hydrogens (tertiary/aromatic N) is 4. The summed E-state index contributed by atoms with van der Waals surface area (Å²) in [6.45, 7) is 1.82. The third-order valence-corrected chi connectivity index (χ3v) is 1.94. The molecule has 5 heteroatoms. The summed E-state index contributed by atoms with van der Waals surface area (Å²) in [5, 5.41) is 4.17. The van der Waals surface area contributed by atoms with Crippen molar-refractivity contribution < 1.29 is 4.79 Å². The summed E-state index contributed by atoms with van der Waals surface area (Å²) < 4.78 is 1.67. The third-order valence-electron chi connectivity index (χ3n) is 1.94. The third kappa shape index (κ3) is 1.90. The second kappa shape index (κ2) is 3.61. The van der Waals surface area contributed by atoms with E-state index >= 15 is 0 Å². The van der Waals surface area contributed by atoms with Crippen LogP contribution in [0.15, 0.2) is 18.3 Å². The molecule has 0 spiro atoms. The summed E-state index contributed by atoms with van der Waals surface area (Å²) >= 11 is 0. The van der Waals surface area contributed by atoms with Gasteiger partial charge in [0.2, 0.25) is 0 Å². The van der Waals surface area contributed by atoms with Crippen LogP contribution in [0.25, 0.3) is 11.5 Å². The second-order valence-corrected chi connectivity index (χ2v) is 3.25. The minimum atomic E-state index is 0.378. The van der Waals surface area contributed by atoms with Crippen LogP contribution in [0, 0.1) is 6.92 Å². The summed E-state index contributed by atoms with van der Waals surface area (Å²) in [5.74, 6) is 0.484. The lowest BCUT2D eigenvalue weighted by molar-refractivity contribution is 0.111. The predicted molar refractivity (Wildman–Crippen MR) is 54.4 cm³/mol. The predicted octanol–water partition coefficient (Wildman–Crippen LogP) is 0.998. The molecule has 0 bridgehead atoms. The van der Waals surface area contributed by atoms with Gasteiger partial charge in [0.1, 0.15) is 11.4 Å². The summed E-state index contributed by atoms with van der Waals surface area (Å²) in [4.78, 5) is 18.9. The van der Waals surface area contributed by atoms with Crippen molar-refractivity contribution in [1.29, 1.82) is 0 Å². The lowest BCUT2D eigenvalue weighted by Gasteiger charge is -1.98. The topological polar surface area (TPSA) is 60.7 Å². The van der Waals surface area contributed by atoms with E-state index in [9.17, 15) is 4.79 Å². The van der Waals surface area contributed by atoms with Gasteiger partial charge < -0.3 is 0 Å². The van der Waals surface area contributed by atoms with Gasteiger partial charge in [-0.3, -0.25) is 9.48 Å². The molecule has 0 saturated heterocycles. The van der Waals surface area contributed by atoms with Crippen molar-refractivity contribution in [2.75, 3.05) is 0 Å². The molecule has 5 nitrogen and oxygen atoms in total. The number of aryl methyl sites for hydroxylation is 2. The fourth-order valence-electron chi connectivity index (χ4n) is 1.30. The SMILES string of the molecule is Cc1cc(C=O)nc(-c2ccn(C)n2)n1. The molecule has 2 aromatic heterocycles. The maximum atomic E-state index is 10.6. The highest BCUT2D eigenvalue weighted by Crippen LogP contribution is 2.12. The van der Waals surface area contributed by atoms with Crippen LogP contribution in [0.3, 0.4) is 0 Å². The van der Waals surface area contributed by atoms with Crippen molar-refractivity contribution in [3.63, 3.8) is 0 Å². The zero-order valence-electron chi connectivity index (χ0n) is 8.51. The fraction of sp³-hybridized carbons (Fsp3) is 0.200. The van der Waals surface area contributed by atoms with Crippen molar-refractivity contribution in [2.24, 2.45) is 7.05 Å². The Balaban J connectivity index is 2.52. The molecule has 0 unspecified atom stereocenters. The van der Waals surface area contributed by atoms with Crippen molar-refractivity contribution in [1.82, 2.24) is 19.7 Å². The Labute approximate surface area is 86.8 Å². The van der Waals surface area contributed by atoms with Crippen molar-refractivity contribution in [3.05, 3.63) is 29.7 Å². The minimum Gasteiger partial charge on any atom is -0.296 e. The highest BCUT2D eigenvalue weighted by Gasteiger charge is 2.06. The second-order valence-electron chi connectivity index (χ2n) is 3.25. The molecule has 0 amide bonds. The van der Waals surface area contributed by atoms with Gasteiger partial charge in [0, 0.05) is 18.9 Å². The Kier molecular flexibility index (Phi) is 2.29. The molecule has 2 rings (SSSR count). The van der Waals surface area contributed by atoms with Gasteiger partial charge in [-0.2, -0.15) is 5.10 Å². The Morgan fingerprint density at radius 2 is 2.20 bits per heavy atom. The number of carbonyl (C=O) groups is 1. The first-order chi connectivity index (χ1) is 7.19. The van der Waals surface area contributed by atoms with E-state index in [0.717, 1.165) is 5.69 Å². The fourth-order valence-corrected chi connectivity index (χ4v) is 1.30. The average Bonchev–Trinajstić information content (AvgIpc) is 2.64. The number of rotatable bonds is 2. The molecule has 0 aliphatic heterocycles. The first-order valence-corrected chi connectivity index (χ1v) is 4.50. The minimum absolute atomic E-state index is 0.378. The lowest BCUT2D eigenvalue weighted by atomic mass is 10.3. The molecule has 0 radical (unpaired) electrons. The van der Waals surface area contributed by atoms with Crippen LogP contribution in [0.1, 0.15) is 16.2 Å². The summed E-state index contributed by atoms with van der Waals surface area (Å²) in [5.41, 5.74) is 1.81. The van der Waals surface area contributed by atoms with Gasteiger partial charge >= 0.3 is 0 Å². The van der Waals surface area contributed by atoms with Crippen molar-refractivity contribution >= 4 is 6.29 Å². The van der Waals surface area contributed by atoms with Gasteiger partial charge in [-0.15, -0.1) is 0 Å². The van der Waals surface area contributed by atoms with Crippen LogP contribution < -0.4 is 0 Å². The van der Waals surface area contributed by atoms with Gasteiger partial charge in [-0.1, -0.05) is 0 Å². The molecule has 15 heavy (non-hydrogen) atoms. The van der Waals surface area contributed by atoms with Gasteiger partial charge in [-0.25, -0.2) is 9.97 Å². The van der Waals surface area contributed by atoms with Gasteiger partial charge in [0.05, 0.1) is 0 Å². The molecule has 2 aromatic rings. The van der Waals surface area contributed by atoms with E-state index in [-0.39, 0.29) is 0 Å². The van der Waals surface area contributed by atoms with E-state index in [1.807, 2.05) is 26.2 Å². The molecular formula is C10H10N4O. The van der Waals surface area contributed by atoms with E-state index in [2.05, 4.69) is 15.1 Å². The molecule has 0 N–H and O–H groups in total. The molecule has 0 saturated carbocycles. The standard InChI is InChI=1S/C10H10N4O/c1-7-5-8(6-15)12-10(11-7)9-3-4-14(2)13-9/h3-6H,1-2H3. The normalized spacial score (nSPS) is 10.3. The maximum Gasteiger partial charge on any atom is 0.180 e. The van der Waals surface area contributed by atoms with Gasteiger partial charge in [0.25, 0.3) is 0 Å². The highest BCUT2D eigenvalue weighted by atomic mass is 16.1. The largest absolute Gasteiger partial charge is 0.296 e. The van der Waals surface area contributed by atoms with Crippen LogP contribution in [-0.2, 0) is 7.05 Å². The molecule has 2 heterocycles. The highest BCUT2D eigenvalue weighted by molar-refractivity contribution is 5.72. The Bertz CT molecular complexity index is 504. The Morgan fingerprint density at radius 3 is 2.80 bits per heavy atom. The molecule has 0 fully saturated rings. The van der Waals surface area contributed by atoms with E-state index < -0.39 is 0 Å². The van der Waals surface area contributed by atoms with Crippen LogP contribution in [-0.4, -0.2) is 26.0 Å². The van der Waals surface area contributed by atoms with Crippen molar-refractivity contribution in [2.45, 2.75) is 6.92 Å². The zero-order valence-corrected chi connectivity index (χ0v) is 8.51. The molecule has 76 valence electrons. The van der Waals surface area contributed by atoms with Crippen LogP contribution in [0.2, 0.25) is 0 Å². The van der Waals surface area contributed by atoms with E-state index in [1.54, 1.807) is 10.7 Å². The Hall–Kier alpha value is -2.04. The molecule has 0 aliphatic rings. The zero-order chi connectivity index (χ0) is 10.8. The number of aromatic nitrogens is 4. The van der Waals surface area contributed by atoms with E-state index in [0.29, 0.717) is 23.5 Å². The summed E-state index contributed by atoms with van der Waals surface area (Å²) in [6, 6.07) is 3.45. The lowest BCUT2D eigenvalue weighted by Crippen LogP contribution is -1.98. The maximum absolute atomic E-state index is 10.6. The van der Waals surface area contributed by atoms with E-state index in [1.165, 1.54) is 0 Å². The molecule has 0 aromatic carbocycles.